The van der Waals surface area contributed by atoms with Gasteiger partial charge in [0, 0.05) is 0 Å². The Morgan fingerprint density at radius 2 is 2.10 bits per heavy atom. The van der Waals surface area contributed by atoms with Gasteiger partial charge in [-0.05, 0) is 24.6 Å². The largest absolute Gasteiger partial charge is 0.495 e. The number of anilines is 2. The number of methoxy groups -OCH3 is 1. The summed E-state index contributed by atoms with van der Waals surface area (Å²) in [4.78, 5) is 19.6. The molecule has 0 atom stereocenters. The third-order valence-corrected chi connectivity index (χ3v) is 2.61. The van der Waals surface area contributed by atoms with Gasteiger partial charge in [-0.2, -0.15) is 5.26 Å². The van der Waals surface area contributed by atoms with E-state index in [1.807, 2.05) is 19.1 Å². The number of urea groups is 1. The second-order valence-corrected chi connectivity index (χ2v) is 4.18. The summed E-state index contributed by atoms with van der Waals surface area (Å²) in [6.07, 6.45) is 2.59. The summed E-state index contributed by atoms with van der Waals surface area (Å²) in [5, 5.41) is 13.8. The molecule has 0 fully saturated rings. The lowest BCUT2D eigenvalue weighted by Gasteiger charge is -2.11. The van der Waals surface area contributed by atoms with Crippen molar-refractivity contribution < 1.29 is 9.53 Å². The van der Waals surface area contributed by atoms with E-state index in [0.717, 1.165) is 5.56 Å². The third kappa shape index (κ3) is 3.67. The Morgan fingerprint density at radius 1 is 1.29 bits per heavy atom. The number of aryl methyl sites for hydroxylation is 1. The first-order valence-corrected chi connectivity index (χ1v) is 6.07. The van der Waals surface area contributed by atoms with Crippen molar-refractivity contribution in [3.05, 3.63) is 41.9 Å². The lowest BCUT2D eigenvalue weighted by molar-refractivity contribution is 0.262. The molecule has 0 aliphatic carbocycles. The molecule has 2 rings (SSSR count). The Balaban J connectivity index is 2.07. The number of nitriles is 1. The van der Waals surface area contributed by atoms with Crippen LogP contribution in [0.2, 0.25) is 0 Å². The van der Waals surface area contributed by atoms with Gasteiger partial charge in [0.15, 0.2) is 11.5 Å². The summed E-state index contributed by atoms with van der Waals surface area (Å²) in [5.74, 6) is 0.805. The minimum Gasteiger partial charge on any atom is -0.495 e. The van der Waals surface area contributed by atoms with Crippen LogP contribution in [0.3, 0.4) is 0 Å². The van der Waals surface area contributed by atoms with Gasteiger partial charge < -0.3 is 10.1 Å². The van der Waals surface area contributed by atoms with Crippen molar-refractivity contribution in [1.29, 1.82) is 5.26 Å². The SMILES string of the molecule is COc1ccc(C)cc1NC(=O)Nc1cnc(C#N)cn1. The van der Waals surface area contributed by atoms with Crippen LogP contribution in [0.4, 0.5) is 16.3 Å². The number of amides is 2. The Morgan fingerprint density at radius 3 is 2.71 bits per heavy atom. The molecule has 0 aliphatic heterocycles. The number of hydrogen-bond acceptors (Lipinski definition) is 5. The second-order valence-electron chi connectivity index (χ2n) is 4.18. The monoisotopic (exact) mass is 283 g/mol. The molecule has 0 aliphatic rings. The number of carbonyl (C=O) groups is 1. The highest BCUT2D eigenvalue weighted by Gasteiger charge is 2.08. The average molecular weight is 283 g/mol. The fourth-order valence-corrected chi connectivity index (χ4v) is 1.64. The van der Waals surface area contributed by atoms with E-state index in [-0.39, 0.29) is 11.5 Å². The zero-order valence-electron chi connectivity index (χ0n) is 11.5. The molecule has 7 nitrogen and oxygen atoms in total. The molecule has 2 amide bonds. The lowest BCUT2D eigenvalue weighted by atomic mass is 10.2. The van der Waals surface area contributed by atoms with Crippen LogP contribution in [-0.2, 0) is 0 Å². The minimum absolute atomic E-state index is 0.182. The molecule has 7 heteroatoms. The summed E-state index contributed by atoms with van der Waals surface area (Å²) in [6.45, 7) is 1.91. The van der Waals surface area contributed by atoms with E-state index in [2.05, 4.69) is 20.6 Å². The predicted octanol–water partition coefficient (Wildman–Crippen LogP) is 2.31. The highest BCUT2D eigenvalue weighted by atomic mass is 16.5. The first kappa shape index (κ1) is 14.3. The molecule has 1 aromatic carbocycles. The van der Waals surface area contributed by atoms with Crippen molar-refractivity contribution in [1.82, 2.24) is 9.97 Å². The molecule has 2 N–H and O–H groups in total. The number of nitrogens with zero attached hydrogens (tertiary/aromatic N) is 3. The van der Waals surface area contributed by atoms with Crippen molar-refractivity contribution in [3.63, 3.8) is 0 Å². The maximum absolute atomic E-state index is 11.9. The standard InChI is InChI=1S/C14H13N5O2/c1-9-3-4-12(21-2)11(5-9)18-14(20)19-13-8-16-10(6-15)7-17-13/h3-5,7-8H,1-2H3,(H2,17,18,19,20). The average Bonchev–Trinajstić information content (AvgIpc) is 2.48. The molecular weight excluding hydrogens is 270 g/mol. The molecule has 0 saturated heterocycles. The van der Waals surface area contributed by atoms with Crippen LogP contribution in [0, 0.1) is 18.3 Å². The first-order valence-electron chi connectivity index (χ1n) is 6.07. The molecular formula is C14H13N5O2. The normalized spacial score (nSPS) is 9.57. The Hall–Kier alpha value is -3.14. The van der Waals surface area contributed by atoms with Gasteiger partial charge in [0.05, 0.1) is 25.2 Å². The second kappa shape index (κ2) is 6.34. The minimum atomic E-state index is -0.474. The highest BCUT2D eigenvalue weighted by Crippen LogP contribution is 2.25. The van der Waals surface area contributed by atoms with Crippen molar-refractivity contribution >= 4 is 17.5 Å². The van der Waals surface area contributed by atoms with Gasteiger partial charge in [-0.15, -0.1) is 0 Å². The van der Waals surface area contributed by atoms with Gasteiger partial charge in [-0.1, -0.05) is 6.07 Å². The molecule has 21 heavy (non-hydrogen) atoms. The number of nitrogens with one attached hydrogen (secondary N) is 2. The topological polar surface area (TPSA) is 99.9 Å². The Bertz CT molecular complexity index is 692. The van der Waals surface area contributed by atoms with Crippen LogP contribution in [0.1, 0.15) is 11.3 Å². The van der Waals surface area contributed by atoms with Crippen LogP contribution in [0.5, 0.6) is 5.75 Å². The molecule has 0 spiro atoms. The quantitative estimate of drug-likeness (QED) is 0.900. The maximum atomic E-state index is 11.9. The third-order valence-electron chi connectivity index (χ3n) is 2.61. The van der Waals surface area contributed by atoms with Gasteiger partial charge in [0.2, 0.25) is 0 Å². The fourth-order valence-electron chi connectivity index (χ4n) is 1.64. The van der Waals surface area contributed by atoms with Crippen molar-refractivity contribution in [2.75, 3.05) is 17.7 Å². The highest BCUT2D eigenvalue weighted by molar-refractivity contribution is 6.00. The Labute approximate surface area is 121 Å². The van der Waals surface area contributed by atoms with Crippen LogP contribution >= 0.6 is 0 Å². The number of aromatic nitrogens is 2. The van der Waals surface area contributed by atoms with Gasteiger partial charge in [0.25, 0.3) is 0 Å². The van der Waals surface area contributed by atoms with Gasteiger partial charge in [-0.3, -0.25) is 5.32 Å². The molecule has 2 aromatic rings. The molecule has 1 heterocycles. The first-order chi connectivity index (χ1) is 10.1. The number of carbonyl (C=O) groups excluding carboxylic acids is 1. The van der Waals surface area contributed by atoms with E-state index in [1.54, 1.807) is 12.1 Å². The number of hydrogen-bond donors (Lipinski definition) is 2. The smallest absolute Gasteiger partial charge is 0.324 e. The summed E-state index contributed by atoms with van der Waals surface area (Å²) in [6, 6.07) is 6.82. The summed E-state index contributed by atoms with van der Waals surface area (Å²) < 4.78 is 5.18. The lowest BCUT2D eigenvalue weighted by Crippen LogP contribution is -2.20. The number of rotatable bonds is 3. The number of benzene rings is 1. The van der Waals surface area contributed by atoms with E-state index >= 15 is 0 Å². The zero-order valence-corrected chi connectivity index (χ0v) is 11.5. The van der Waals surface area contributed by atoms with E-state index in [1.165, 1.54) is 19.5 Å². The van der Waals surface area contributed by atoms with Gasteiger partial charge in [0.1, 0.15) is 11.8 Å². The molecule has 0 radical (unpaired) electrons. The van der Waals surface area contributed by atoms with Crippen molar-refractivity contribution in [3.8, 4) is 11.8 Å². The van der Waals surface area contributed by atoms with E-state index in [0.29, 0.717) is 11.4 Å². The summed E-state index contributed by atoms with van der Waals surface area (Å²) in [7, 11) is 1.53. The summed E-state index contributed by atoms with van der Waals surface area (Å²) in [5.41, 5.74) is 1.72. The molecule has 0 unspecified atom stereocenters. The fraction of sp³-hybridized carbons (Fsp3) is 0.143. The molecule has 0 saturated carbocycles. The molecule has 106 valence electrons. The van der Waals surface area contributed by atoms with Crippen molar-refractivity contribution in [2.24, 2.45) is 0 Å². The summed E-state index contributed by atoms with van der Waals surface area (Å²) >= 11 is 0. The van der Waals surface area contributed by atoms with E-state index < -0.39 is 6.03 Å². The Kier molecular flexibility index (Phi) is 4.31. The van der Waals surface area contributed by atoms with Crippen LogP contribution < -0.4 is 15.4 Å². The van der Waals surface area contributed by atoms with Crippen molar-refractivity contribution in [2.45, 2.75) is 6.92 Å². The van der Waals surface area contributed by atoms with E-state index in [4.69, 9.17) is 10.00 Å². The van der Waals surface area contributed by atoms with Crippen LogP contribution in [0.15, 0.2) is 30.6 Å². The predicted molar refractivity (Wildman–Crippen MR) is 77.1 cm³/mol. The zero-order chi connectivity index (χ0) is 15.2. The van der Waals surface area contributed by atoms with Crippen LogP contribution in [0.25, 0.3) is 0 Å². The maximum Gasteiger partial charge on any atom is 0.324 e. The van der Waals surface area contributed by atoms with Gasteiger partial charge in [-0.25, -0.2) is 14.8 Å². The molecule has 1 aromatic heterocycles. The van der Waals surface area contributed by atoms with Gasteiger partial charge >= 0.3 is 6.03 Å². The molecule has 0 bridgehead atoms. The van der Waals surface area contributed by atoms with Crippen LogP contribution in [-0.4, -0.2) is 23.1 Å². The number of ether oxygens (including phenoxy) is 1. The van der Waals surface area contributed by atoms with E-state index in [9.17, 15) is 4.79 Å².